The molecule has 2 saturated carbocycles. The van der Waals surface area contributed by atoms with Crippen LogP contribution in [0.1, 0.15) is 91.4 Å². The van der Waals surface area contributed by atoms with E-state index in [1.165, 1.54) is 25.7 Å². The van der Waals surface area contributed by atoms with Crippen molar-refractivity contribution in [3.8, 4) is 0 Å². The maximum absolute atomic E-state index is 12.1. The van der Waals surface area contributed by atoms with Gasteiger partial charge in [-0.3, -0.25) is 9.59 Å². The summed E-state index contributed by atoms with van der Waals surface area (Å²) >= 11 is 0. The summed E-state index contributed by atoms with van der Waals surface area (Å²) in [6.45, 7) is 8.53. The molecule has 5 heteroatoms. The molecule has 2 fully saturated rings. The summed E-state index contributed by atoms with van der Waals surface area (Å²) in [4.78, 5) is 23.9. The summed E-state index contributed by atoms with van der Waals surface area (Å²) in [6.07, 6.45) is 11.0. The Morgan fingerprint density at radius 1 is 0.931 bits per heavy atom. The Hall–Kier alpha value is -0.940. The zero-order chi connectivity index (χ0) is 21.1. The molecule has 168 valence electrons. The van der Waals surface area contributed by atoms with Gasteiger partial charge in [-0.1, -0.05) is 6.92 Å². The second kappa shape index (κ2) is 13.4. The molecule has 0 saturated heterocycles. The number of ether oxygens (including phenoxy) is 2. The van der Waals surface area contributed by atoms with Gasteiger partial charge in [0.1, 0.15) is 5.78 Å². The number of carbonyl (C=O) groups excluding carboxylic acids is 2. The summed E-state index contributed by atoms with van der Waals surface area (Å²) in [6, 6.07) is 0.249. The largest absolute Gasteiger partial charge is 0.381 e. The quantitative estimate of drug-likeness (QED) is 0.476. The van der Waals surface area contributed by atoms with E-state index < -0.39 is 0 Å². The first-order valence-corrected chi connectivity index (χ1v) is 12.0. The highest BCUT2D eigenvalue weighted by atomic mass is 16.5. The zero-order valence-corrected chi connectivity index (χ0v) is 18.9. The molecule has 1 N–H and O–H groups in total. The van der Waals surface area contributed by atoms with Crippen molar-refractivity contribution < 1.29 is 19.1 Å². The number of amides is 1. The van der Waals surface area contributed by atoms with Gasteiger partial charge in [-0.25, -0.2) is 0 Å². The number of hydrogen-bond acceptors (Lipinski definition) is 4. The Balaban J connectivity index is 1.46. The molecule has 0 spiro atoms. The standard InChI is InChI=1S/C24H43NO4/c1-4-23(26)21-11-13-22(14-12-21)25-24(27)6-5-15-28-16-19-7-9-20(10-8-19)17-29-18(2)3/h18-22H,4-17H2,1-3H3,(H,25,27). The van der Waals surface area contributed by atoms with Crippen LogP contribution in [0.5, 0.6) is 0 Å². The highest BCUT2D eigenvalue weighted by molar-refractivity contribution is 5.80. The van der Waals surface area contributed by atoms with Crippen molar-refractivity contribution in [3.63, 3.8) is 0 Å². The minimum absolute atomic E-state index is 0.129. The Morgan fingerprint density at radius 2 is 1.55 bits per heavy atom. The van der Waals surface area contributed by atoms with E-state index in [0.717, 1.165) is 45.3 Å². The molecule has 0 unspecified atom stereocenters. The van der Waals surface area contributed by atoms with Gasteiger partial charge in [0, 0.05) is 44.6 Å². The van der Waals surface area contributed by atoms with Crippen LogP contribution in [0.25, 0.3) is 0 Å². The molecule has 29 heavy (non-hydrogen) atoms. The van der Waals surface area contributed by atoms with Crippen LogP contribution in [0, 0.1) is 17.8 Å². The number of hydrogen-bond donors (Lipinski definition) is 1. The summed E-state index contributed by atoms with van der Waals surface area (Å²) in [5.41, 5.74) is 0. The van der Waals surface area contributed by atoms with Crippen molar-refractivity contribution in [1.29, 1.82) is 0 Å². The number of carbonyl (C=O) groups is 2. The molecule has 0 heterocycles. The molecule has 0 bridgehead atoms. The van der Waals surface area contributed by atoms with Crippen molar-refractivity contribution in [2.45, 2.75) is 104 Å². The first-order chi connectivity index (χ1) is 14.0. The zero-order valence-electron chi connectivity index (χ0n) is 18.9. The van der Waals surface area contributed by atoms with E-state index in [2.05, 4.69) is 19.2 Å². The maximum atomic E-state index is 12.1. The highest BCUT2D eigenvalue weighted by Gasteiger charge is 2.26. The van der Waals surface area contributed by atoms with Gasteiger partial charge in [0.25, 0.3) is 0 Å². The predicted molar refractivity (Wildman–Crippen MR) is 116 cm³/mol. The molecule has 2 aliphatic carbocycles. The van der Waals surface area contributed by atoms with Crippen molar-refractivity contribution in [2.75, 3.05) is 19.8 Å². The van der Waals surface area contributed by atoms with Crippen molar-refractivity contribution in [1.82, 2.24) is 5.32 Å². The smallest absolute Gasteiger partial charge is 0.220 e. The average molecular weight is 410 g/mol. The topological polar surface area (TPSA) is 64.6 Å². The monoisotopic (exact) mass is 409 g/mol. The van der Waals surface area contributed by atoms with E-state index in [1.54, 1.807) is 0 Å². The second-order valence-corrected chi connectivity index (χ2v) is 9.38. The third-order valence-electron chi connectivity index (χ3n) is 6.57. The lowest BCUT2D eigenvalue weighted by molar-refractivity contribution is -0.124. The normalized spacial score (nSPS) is 27.7. The van der Waals surface area contributed by atoms with E-state index in [4.69, 9.17) is 9.47 Å². The van der Waals surface area contributed by atoms with Crippen LogP contribution < -0.4 is 5.32 Å². The summed E-state index contributed by atoms with van der Waals surface area (Å²) < 4.78 is 11.6. The molecule has 0 aromatic rings. The number of rotatable bonds is 12. The maximum Gasteiger partial charge on any atom is 0.220 e. The van der Waals surface area contributed by atoms with Crippen LogP contribution in [0.2, 0.25) is 0 Å². The molecule has 0 aromatic heterocycles. The van der Waals surface area contributed by atoms with E-state index in [9.17, 15) is 9.59 Å². The van der Waals surface area contributed by atoms with Crippen LogP contribution in [-0.4, -0.2) is 43.7 Å². The predicted octanol–water partition coefficient (Wildman–Crippen LogP) is 4.67. The van der Waals surface area contributed by atoms with Crippen molar-refractivity contribution in [2.24, 2.45) is 17.8 Å². The van der Waals surface area contributed by atoms with E-state index >= 15 is 0 Å². The minimum atomic E-state index is 0.129. The molecule has 2 rings (SSSR count). The van der Waals surface area contributed by atoms with Crippen LogP contribution in [0.3, 0.4) is 0 Å². The number of nitrogens with one attached hydrogen (secondary N) is 1. The first kappa shape index (κ1) is 24.3. The van der Waals surface area contributed by atoms with Crippen LogP contribution in [-0.2, 0) is 19.1 Å². The fourth-order valence-electron chi connectivity index (χ4n) is 4.63. The highest BCUT2D eigenvalue weighted by Crippen LogP contribution is 2.29. The molecule has 0 aliphatic heterocycles. The number of Topliss-reactive ketones (excluding diaryl/α,β-unsaturated/α-hetero) is 1. The van der Waals surface area contributed by atoms with Crippen LogP contribution in [0.15, 0.2) is 0 Å². The minimum Gasteiger partial charge on any atom is -0.381 e. The summed E-state index contributed by atoms with van der Waals surface area (Å²) in [5.74, 6) is 2.11. The molecular weight excluding hydrogens is 366 g/mol. The van der Waals surface area contributed by atoms with Gasteiger partial charge in [0.2, 0.25) is 5.91 Å². The Labute approximate surface area is 177 Å². The van der Waals surface area contributed by atoms with E-state index in [0.29, 0.717) is 43.2 Å². The molecule has 5 nitrogen and oxygen atoms in total. The summed E-state index contributed by atoms with van der Waals surface area (Å²) in [5, 5.41) is 3.14. The second-order valence-electron chi connectivity index (χ2n) is 9.38. The van der Waals surface area contributed by atoms with Gasteiger partial charge in [-0.15, -0.1) is 0 Å². The summed E-state index contributed by atoms with van der Waals surface area (Å²) in [7, 11) is 0. The first-order valence-electron chi connectivity index (χ1n) is 12.0. The Kier molecular flexibility index (Phi) is 11.2. The fraction of sp³-hybridized carbons (Fsp3) is 0.917. The third kappa shape index (κ3) is 9.61. The molecule has 0 radical (unpaired) electrons. The Bertz CT molecular complexity index is 477. The average Bonchev–Trinajstić information content (AvgIpc) is 2.72. The Morgan fingerprint density at radius 3 is 2.14 bits per heavy atom. The third-order valence-corrected chi connectivity index (χ3v) is 6.57. The van der Waals surface area contributed by atoms with Crippen molar-refractivity contribution in [3.05, 3.63) is 0 Å². The fourth-order valence-corrected chi connectivity index (χ4v) is 4.63. The van der Waals surface area contributed by atoms with Crippen molar-refractivity contribution >= 4 is 11.7 Å². The van der Waals surface area contributed by atoms with Gasteiger partial charge < -0.3 is 14.8 Å². The van der Waals surface area contributed by atoms with Gasteiger partial charge >= 0.3 is 0 Å². The van der Waals surface area contributed by atoms with Gasteiger partial charge in [-0.05, 0) is 83.5 Å². The molecular formula is C24H43NO4. The molecule has 0 atom stereocenters. The van der Waals surface area contributed by atoms with Gasteiger partial charge in [0.05, 0.1) is 6.10 Å². The molecule has 1 amide bonds. The van der Waals surface area contributed by atoms with Crippen LogP contribution >= 0.6 is 0 Å². The lowest BCUT2D eigenvalue weighted by Crippen LogP contribution is -2.38. The lowest BCUT2D eigenvalue weighted by atomic mass is 9.83. The van der Waals surface area contributed by atoms with Gasteiger partial charge in [0.15, 0.2) is 0 Å². The molecule has 0 aromatic carbocycles. The SMILES string of the molecule is CCC(=O)C1CCC(NC(=O)CCCOCC2CCC(COC(C)C)CC2)CC1. The molecule has 2 aliphatic rings. The van der Waals surface area contributed by atoms with E-state index in [1.807, 2.05) is 6.92 Å². The van der Waals surface area contributed by atoms with E-state index in [-0.39, 0.29) is 17.9 Å². The van der Waals surface area contributed by atoms with Crippen LogP contribution in [0.4, 0.5) is 0 Å². The number of ketones is 1. The van der Waals surface area contributed by atoms with Gasteiger partial charge in [-0.2, -0.15) is 0 Å². The lowest BCUT2D eigenvalue weighted by Gasteiger charge is -2.29.